The van der Waals surface area contributed by atoms with Crippen molar-refractivity contribution in [2.45, 2.75) is 89.7 Å². The minimum Gasteiger partial charge on any atom is -0.549 e. The summed E-state index contributed by atoms with van der Waals surface area (Å²) in [6.07, 6.45) is 13.3. The Labute approximate surface area is 150 Å². The zero-order valence-corrected chi connectivity index (χ0v) is 16.8. The topological polar surface area (TPSA) is 40.1 Å². The fourth-order valence-electron chi connectivity index (χ4n) is 2.02. The number of carboxylic acids is 1. The van der Waals surface area contributed by atoms with Crippen LogP contribution in [0.15, 0.2) is 0 Å². The van der Waals surface area contributed by atoms with Gasteiger partial charge in [0.25, 0.3) is 0 Å². The SMILES string of the molecule is CCCCCCCCCCCCSC(=S)SC(C)(C)C(=O)[O-]. The highest BCUT2D eigenvalue weighted by molar-refractivity contribution is 8.47. The lowest BCUT2D eigenvalue weighted by molar-refractivity contribution is -0.308. The molecule has 0 heterocycles. The van der Waals surface area contributed by atoms with E-state index in [2.05, 4.69) is 6.92 Å². The number of rotatable bonds is 13. The molecule has 0 aromatic rings. The molecule has 22 heavy (non-hydrogen) atoms. The molecule has 0 aromatic carbocycles. The van der Waals surface area contributed by atoms with E-state index in [0.29, 0.717) is 3.53 Å². The Morgan fingerprint density at radius 2 is 1.41 bits per heavy atom. The summed E-state index contributed by atoms with van der Waals surface area (Å²) < 4.78 is -0.216. The number of thioether (sulfide) groups is 2. The lowest BCUT2D eigenvalue weighted by atomic mass is 10.1. The number of aliphatic carboxylic acids is 1. The van der Waals surface area contributed by atoms with Gasteiger partial charge in [0, 0.05) is 0 Å². The Kier molecular flexibility index (Phi) is 13.8. The van der Waals surface area contributed by atoms with E-state index in [0.717, 1.165) is 12.2 Å². The number of carbonyl (C=O) groups excluding carboxylic acids is 1. The first kappa shape index (κ1) is 22.3. The quantitative estimate of drug-likeness (QED) is 0.333. The van der Waals surface area contributed by atoms with Crippen molar-refractivity contribution >= 4 is 45.2 Å². The standard InChI is InChI=1S/C17H32O2S3/c1-4-5-6-7-8-9-10-11-12-13-14-21-16(20)22-17(2,3)15(18)19/h4-14H2,1-3H3,(H,18,19)/p-1. The molecule has 0 N–H and O–H groups in total. The van der Waals surface area contributed by atoms with Crippen LogP contribution in [0.1, 0.15) is 85.0 Å². The van der Waals surface area contributed by atoms with Gasteiger partial charge in [0.15, 0.2) is 0 Å². The molecule has 0 aliphatic carbocycles. The van der Waals surface area contributed by atoms with Gasteiger partial charge in [-0.25, -0.2) is 0 Å². The van der Waals surface area contributed by atoms with Crippen LogP contribution in [0, 0.1) is 0 Å². The summed E-state index contributed by atoms with van der Waals surface area (Å²) in [5.41, 5.74) is 0. The first-order valence-corrected chi connectivity index (χ1v) is 10.7. The summed E-state index contributed by atoms with van der Waals surface area (Å²) in [7, 11) is 0. The third-order valence-electron chi connectivity index (χ3n) is 3.55. The predicted molar refractivity (Wildman–Crippen MR) is 104 cm³/mol. The van der Waals surface area contributed by atoms with E-state index in [1.807, 2.05) is 0 Å². The van der Waals surface area contributed by atoms with E-state index in [1.165, 1.54) is 69.5 Å². The molecule has 5 heteroatoms. The van der Waals surface area contributed by atoms with Crippen molar-refractivity contribution < 1.29 is 9.90 Å². The summed E-state index contributed by atoms with van der Waals surface area (Å²) in [6, 6.07) is 0. The molecule has 2 nitrogen and oxygen atoms in total. The summed E-state index contributed by atoms with van der Waals surface area (Å²) in [5.74, 6) is -0.0646. The highest BCUT2D eigenvalue weighted by atomic mass is 32.2. The minimum absolute atomic E-state index is 0.713. The normalized spacial score (nSPS) is 11.6. The zero-order chi connectivity index (χ0) is 16.8. The predicted octanol–water partition coefficient (Wildman–Crippen LogP) is 5.19. The zero-order valence-electron chi connectivity index (χ0n) is 14.3. The van der Waals surface area contributed by atoms with Gasteiger partial charge in [0.1, 0.15) is 3.53 Å². The van der Waals surface area contributed by atoms with Crippen LogP contribution in [0.4, 0.5) is 0 Å². The molecule has 0 saturated heterocycles. The fourth-order valence-corrected chi connectivity index (χ4v) is 5.03. The first-order chi connectivity index (χ1) is 10.4. The molecule has 130 valence electrons. The number of hydrogen-bond donors (Lipinski definition) is 0. The second kappa shape index (κ2) is 13.7. The van der Waals surface area contributed by atoms with E-state index in [9.17, 15) is 9.90 Å². The maximum atomic E-state index is 10.9. The number of thiocarbonyl (C=S) groups is 1. The lowest BCUT2D eigenvalue weighted by Gasteiger charge is -2.24. The lowest BCUT2D eigenvalue weighted by Crippen LogP contribution is -2.41. The molecule has 0 saturated carbocycles. The Balaban J connectivity index is 3.39. The van der Waals surface area contributed by atoms with Gasteiger partial charge in [-0.1, -0.05) is 88.7 Å². The molecule has 0 unspecified atom stereocenters. The van der Waals surface area contributed by atoms with Crippen LogP contribution in [0.5, 0.6) is 0 Å². The first-order valence-electron chi connectivity index (χ1n) is 8.47. The van der Waals surface area contributed by atoms with E-state index in [1.54, 1.807) is 25.6 Å². The molecule has 0 aliphatic heterocycles. The molecule has 0 atom stereocenters. The third-order valence-corrected chi connectivity index (χ3v) is 6.33. The Bertz CT molecular complexity index is 317. The van der Waals surface area contributed by atoms with E-state index >= 15 is 0 Å². The maximum absolute atomic E-state index is 10.9. The van der Waals surface area contributed by atoms with Crippen LogP contribution >= 0.6 is 35.7 Å². The fraction of sp³-hybridized carbons (Fsp3) is 0.882. The monoisotopic (exact) mass is 363 g/mol. The van der Waals surface area contributed by atoms with Crippen LogP contribution in [0.3, 0.4) is 0 Å². The van der Waals surface area contributed by atoms with Crippen LogP contribution < -0.4 is 5.11 Å². The van der Waals surface area contributed by atoms with Crippen LogP contribution in [-0.2, 0) is 4.79 Å². The average molecular weight is 364 g/mol. The van der Waals surface area contributed by atoms with Crippen molar-refractivity contribution in [3.8, 4) is 0 Å². The molecule has 0 amide bonds. The molecule has 0 spiro atoms. The molecule has 0 aliphatic rings. The number of hydrogen-bond acceptors (Lipinski definition) is 5. The molecule has 0 fully saturated rings. The van der Waals surface area contributed by atoms with E-state index < -0.39 is 10.7 Å². The highest BCUT2D eigenvalue weighted by Crippen LogP contribution is 2.30. The minimum atomic E-state index is -1.06. The molecule has 0 radical (unpaired) electrons. The maximum Gasteiger partial charge on any atom is 0.105 e. The van der Waals surface area contributed by atoms with Gasteiger partial charge >= 0.3 is 0 Å². The van der Waals surface area contributed by atoms with Gasteiger partial charge in [0.2, 0.25) is 0 Å². The molecule has 0 aromatic heterocycles. The Morgan fingerprint density at radius 3 is 1.86 bits per heavy atom. The van der Waals surface area contributed by atoms with Crippen molar-refractivity contribution in [2.24, 2.45) is 0 Å². The molecular formula is C17H31O2S3-. The van der Waals surface area contributed by atoms with Crippen LogP contribution in [0.25, 0.3) is 0 Å². The Morgan fingerprint density at radius 1 is 0.955 bits per heavy atom. The van der Waals surface area contributed by atoms with Gasteiger partial charge in [-0.2, -0.15) is 0 Å². The summed E-state index contributed by atoms with van der Waals surface area (Å²) in [6.45, 7) is 5.53. The van der Waals surface area contributed by atoms with E-state index in [4.69, 9.17) is 12.2 Å². The van der Waals surface area contributed by atoms with Crippen molar-refractivity contribution in [3.63, 3.8) is 0 Å². The van der Waals surface area contributed by atoms with Crippen molar-refractivity contribution in [1.29, 1.82) is 0 Å². The van der Waals surface area contributed by atoms with Gasteiger partial charge in [-0.05, 0) is 26.0 Å². The summed E-state index contributed by atoms with van der Waals surface area (Å²) in [4.78, 5) is 10.9. The highest BCUT2D eigenvalue weighted by Gasteiger charge is 2.22. The average Bonchev–Trinajstić information content (AvgIpc) is 2.44. The second-order valence-electron chi connectivity index (χ2n) is 6.18. The smallest absolute Gasteiger partial charge is 0.105 e. The van der Waals surface area contributed by atoms with E-state index in [-0.39, 0.29) is 0 Å². The number of unbranched alkanes of at least 4 members (excludes halogenated alkanes) is 9. The van der Waals surface area contributed by atoms with Crippen LogP contribution in [0.2, 0.25) is 0 Å². The molecule has 0 rings (SSSR count). The van der Waals surface area contributed by atoms with Crippen molar-refractivity contribution in [1.82, 2.24) is 0 Å². The Hall–Kier alpha value is 0.260. The summed E-state index contributed by atoms with van der Waals surface area (Å²) in [5, 5.41) is 10.9. The number of carboxylic acid groups (broad SMARTS) is 1. The largest absolute Gasteiger partial charge is 0.549 e. The third kappa shape index (κ3) is 12.8. The van der Waals surface area contributed by atoms with Crippen LogP contribution in [-0.4, -0.2) is 20.0 Å². The van der Waals surface area contributed by atoms with Gasteiger partial charge in [-0.3, -0.25) is 0 Å². The van der Waals surface area contributed by atoms with Crippen molar-refractivity contribution in [3.05, 3.63) is 0 Å². The van der Waals surface area contributed by atoms with Crippen molar-refractivity contribution in [2.75, 3.05) is 5.75 Å². The second-order valence-corrected chi connectivity index (χ2v) is 10.1. The number of carbonyl (C=O) groups is 1. The van der Waals surface area contributed by atoms with Gasteiger partial charge in [-0.15, -0.1) is 11.8 Å². The molecule has 0 bridgehead atoms. The summed E-state index contributed by atoms with van der Waals surface area (Å²) >= 11 is 8.05. The van der Waals surface area contributed by atoms with Gasteiger partial charge in [0.05, 0.1) is 10.7 Å². The van der Waals surface area contributed by atoms with Gasteiger partial charge < -0.3 is 9.90 Å². The molecular weight excluding hydrogens is 332 g/mol.